The monoisotopic (exact) mass is 313 g/mol. The van der Waals surface area contributed by atoms with E-state index < -0.39 is 0 Å². The van der Waals surface area contributed by atoms with Crippen molar-refractivity contribution in [1.82, 2.24) is 14.8 Å². The Morgan fingerprint density at radius 3 is 2.80 bits per heavy atom. The first-order valence-electron chi connectivity index (χ1n) is 5.97. The van der Waals surface area contributed by atoms with Crippen molar-refractivity contribution in [3.8, 4) is 0 Å². The molecule has 0 bridgehead atoms. The number of benzene rings is 1. The van der Waals surface area contributed by atoms with Gasteiger partial charge in [-0.25, -0.2) is 9.67 Å². The Kier molecular flexibility index (Phi) is 4.98. The second-order valence-corrected chi connectivity index (χ2v) is 5.10. The summed E-state index contributed by atoms with van der Waals surface area (Å²) in [6.07, 6.45) is 3.63. The van der Waals surface area contributed by atoms with E-state index in [-0.39, 0.29) is 18.6 Å². The number of ether oxygens (including phenoxy) is 1. The molecule has 1 aromatic heterocycles. The number of carbonyl (C=O) groups excluding carboxylic acids is 1. The Balaban J connectivity index is 2.14. The molecule has 0 aliphatic heterocycles. The standard InChI is InChI=1S/C13H13Cl2N3O2/c1-9(19)20-6-11(18-8-16-7-17-18)4-10-2-3-12(14)13(15)5-10/h2-3,5,7-8,11H,4,6H2,1H3. The number of aromatic nitrogens is 3. The third-order valence-electron chi connectivity index (χ3n) is 2.75. The SMILES string of the molecule is CC(=O)OCC(Cc1ccc(Cl)c(Cl)c1)n1cncn1. The minimum atomic E-state index is -0.329. The largest absolute Gasteiger partial charge is 0.464 e. The second kappa shape index (κ2) is 6.72. The van der Waals surface area contributed by atoms with E-state index in [9.17, 15) is 4.79 Å². The molecule has 0 aliphatic rings. The maximum atomic E-state index is 11.0. The number of hydrogen-bond acceptors (Lipinski definition) is 4. The zero-order valence-electron chi connectivity index (χ0n) is 10.8. The third kappa shape index (κ3) is 3.95. The fraction of sp³-hybridized carbons (Fsp3) is 0.308. The molecule has 0 aliphatic carbocycles. The van der Waals surface area contributed by atoms with Crippen LogP contribution in [0.4, 0.5) is 0 Å². The lowest BCUT2D eigenvalue weighted by Gasteiger charge is -2.17. The molecule has 0 amide bonds. The second-order valence-electron chi connectivity index (χ2n) is 4.28. The lowest BCUT2D eigenvalue weighted by molar-refractivity contribution is -0.142. The van der Waals surface area contributed by atoms with Crippen molar-refractivity contribution in [2.75, 3.05) is 6.61 Å². The first-order chi connectivity index (χ1) is 9.56. The van der Waals surface area contributed by atoms with Crippen molar-refractivity contribution in [3.63, 3.8) is 0 Å². The van der Waals surface area contributed by atoms with Gasteiger partial charge in [0, 0.05) is 6.92 Å². The van der Waals surface area contributed by atoms with Crippen molar-refractivity contribution >= 4 is 29.2 Å². The molecular formula is C13H13Cl2N3O2. The van der Waals surface area contributed by atoms with E-state index >= 15 is 0 Å². The van der Waals surface area contributed by atoms with Gasteiger partial charge in [-0.1, -0.05) is 29.3 Å². The zero-order chi connectivity index (χ0) is 14.5. The van der Waals surface area contributed by atoms with Crippen molar-refractivity contribution in [2.24, 2.45) is 0 Å². The predicted molar refractivity (Wildman–Crippen MR) is 75.9 cm³/mol. The van der Waals surface area contributed by atoms with Gasteiger partial charge >= 0.3 is 5.97 Å². The zero-order valence-corrected chi connectivity index (χ0v) is 12.3. The Bertz CT molecular complexity index is 587. The molecule has 0 N–H and O–H groups in total. The number of esters is 1. The van der Waals surface area contributed by atoms with Crippen molar-refractivity contribution in [3.05, 3.63) is 46.5 Å². The lowest BCUT2D eigenvalue weighted by atomic mass is 10.1. The molecule has 0 radical (unpaired) electrons. The maximum Gasteiger partial charge on any atom is 0.302 e. The summed E-state index contributed by atoms with van der Waals surface area (Å²) >= 11 is 11.9. The lowest BCUT2D eigenvalue weighted by Crippen LogP contribution is -2.20. The van der Waals surface area contributed by atoms with Gasteiger partial charge in [-0.15, -0.1) is 0 Å². The van der Waals surface area contributed by atoms with E-state index in [1.165, 1.54) is 13.3 Å². The number of carbonyl (C=O) groups is 1. The summed E-state index contributed by atoms with van der Waals surface area (Å²) in [6.45, 7) is 1.59. The molecule has 0 spiro atoms. The quantitative estimate of drug-likeness (QED) is 0.796. The van der Waals surface area contributed by atoms with Crippen LogP contribution in [0.15, 0.2) is 30.9 Å². The average Bonchev–Trinajstić information content (AvgIpc) is 2.92. The summed E-state index contributed by atoms with van der Waals surface area (Å²) in [5.41, 5.74) is 0.979. The first-order valence-corrected chi connectivity index (χ1v) is 6.73. The predicted octanol–water partition coefficient (Wildman–Crippen LogP) is 2.93. The molecule has 20 heavy (non-hydrogen) atoms. The summed E-state index contributed by atoms with van der Waals surface area (Å²) in [7, 11) is 0. The Hall–Kier alpha value is -1.59. The van der Waals surface area contributed by atoms with Crippen molar-refractivity contribution < 1.29 is 9.53 Å². The number of hydrogen-bond donors (Lipinski definition) is 0. The summed E-state index contributed by atoms with van der Waals surface area (Å²) in [5, 5.41) is 5.09. The van der Waals surface area contributed by atoms with Gasteiger partial charge < -0.3 is 4.74 Å². The van der Waals surface area contributed by atoms with Crippen LogP contribution in [0.1, 0.15) is 18.5 Å². The number of rotatable bonds is 5. The molecule has 106 valence electrons. The van der Waals surface area contributed by atoms with Gasteiger partial charge in [0.2, 0.25) is 0 Å². The average molecular weight is 314 g/mol. The normalized spacial score (nSPS) is 12.2. The molecule has 1 unspecified atom stereocenters. The highest BCUT2D eigenvalue weighted by Gasteiger charge is 2.15. The van der Waals surface area contributed by atoms with Crippen LogP contribution in [0.5, 0.6) is 0 Å². The van der Waals surface area contributed by atoms with E-state index in [1.54, 1.807) is 23.1 Å². The van der Waals surface area contributed by atoms with E-state index in [1.807, 2.05) is 6.07 Å². The molecule has 0 fully saturated rings. The summed E-state index contributed by atoms with van der Waals surface area (Å²) in [5.74, 6) is -0.329. The van der Waals surface area contributed by atoms with Gasteiger partial charge in [0.25, 0.3) is 0 Å². The van der Waals surface area contributed by atoms with Crippen LogP contribution in [0.25, 0.3) is 0 Å². The number of nitrogens with zero attached hydrogens (tertiary/aromatic N) is 3. The van der Waals surface area contributed by atoms with Crippen LogP contribution in [-0.2, 0) is 16.0 Å². The van der Waals surface area contributed by atoms with E-state index in [0.29, 0.717) is 16.5 Å². The summed E-state index contributed by atoms with van der Waals surface area (Å²) < 4.78 is 6.73. The van der Waals surface area contributed by atoms with Crippen LogP contribution in [0, 0.1) is 0 Å². The van der Waals surface area contributed by atoms with Gasteiger partial charge in [-0.3, -0.25) is 4.79 Å². The Morgan fingerprint density at radius 2 is 2.20 bits per heavy atom. The first kappa shape index (κ1) is 14.8. The van der Waals surface area contributed by atoms with Gasteiger partial charge in [-0.2, -0.15) is 5.10 Å². The van der Waals surface area contributed by atoms with Gasteiger partial charge in [-0.05, 0) is 24.1 Å². The molecule has 2 rings (SSSR count). The van der Waals surface area contributed by atoms with Gasteiger partial charge in [0.1, 0.15) is 19.3 Å². The molecular weight excluding hydrogens is 301 g/mol. The molecule has 1 aromatic carbocycles. The van der Waals surface area contributed by atoms with Crippen molar-refractivity contribution in [2.45, 2.75) is 19.4 Å². The molecule has 0 saturated heterocycles. The Morgan fingerprint density at radius 1 is 1.40 bits per heavy atom. The van der Waals surface area contributed by atoms with Gasteiger partial charge in [0.05, 0.1) is 16.1 Å². The van der Waals surface area contributed by atoms with E-state index in [2.05, 4.69) is 10.1 Å². The highest BCUT2D eigenvalue weighted by Crippen LogP contribution is 2.24. The molecule has 2 aromatic rings. The Labute approximate surface area is 126 Å². The highest BCUT2D eigenvalue weighted by molar-refractivity contribution is 6.42. The van der Waals surface area contributed by atoms with Gasteiger partial charge in [0.15, 0.2) is 0 Å². The smallest absolute Gasteiger partial charge is 0.302 e. The summed E-state index contributed by atoms with van der Waals surface area (Å²) in [4.78, 5) is 14.9. The van der Waals surface area contributed by atoms with Crippen LogP contribution in [0.2, 0.25) is 10.0 Å². The molecule has 0 saturated carbocycles. The minimum absolute atomic E-state index is 0.140. The fourth-order valence-electron chi connectivity index (χ4n) is 1.79. The van der Waals surface area contributed by atoms with Crippen LogP contribution in [0.3, 0.4) is 0 Å². The molecule has 5 nitrogen and oxygen atoms in total. The van der Waals surface area contributed by atoms with Crippen LogP contribution in [-0.4, -0.2) is 27.3 Å². The molecule has 1 heterocycles. The highest BCUT2D eigenvalue weighted by atomic mass is 35.5. The van der Waals surface area contributed by atoms with Crippen LogP contribution >= 0.6 is 23.2 Å². The van der Waals surface area contributed by atoms with Crippen molar-refractivity contribution in [1.29, 1.82) is 0 Å². The fourth-order valence-corrected chi connectivity index (χ4v) is 2.11. The maximum absolute atomic E-state index is 11.0. The molecule has 1 atom stereocenters. The number of halogens is 2. The van der Waals surface area contributed by atoms with E-state index in [4.69, 9.17) is 27.9 Å². The van der Waals surface area contributed by atoms with Crippen LogP contribution < -0.4 is 0 Å². The minimum Gasteiger partial charge on any atom is -0.464 e. The topological polar surface area (TPSA) is 57.0 Å². The summed E-state index contributed by atoms with van der Waals surface area (Å²) in [6, 6.07) is 5.27. The molecule has 7 heteroatoms. The third-order valence-corrected chi connectivity index (χ3v) is 3.48. The van der Waals surface area contributed by atoms with E-state index in [0.717, 1.165) is 5.56 Å².